The fraction of sp³-hybridized carbons (Fsp3) is 0.467. The third kappa shape index (κ3) is 2.33. The molecule has 1 N–H and O–H groups in total. The lowest BCUT2D eigenvalue weighted by Gasteiger charge is -2.29. The van der Waals surface area contributed by atoms with Gasteiger partial charge in [-0.05, 0) is 12.0 Å². The summed E-state index contributed by atoms with van der Waals surface area (Å²) in [4.78, 5) is 0. The molecule has 1 aliphatic heterocycles. The second-order valence-electron chi connectivity index (χ2n) is 5.00. The molecule has 2 rings (SSSR count). The van der Waals surface area contributed by atoms with E-state index in [0.29, 0.717) is 18.4 Å². The van der Waals surface area contributed by atoms with Gasteiger partial charge in [-0.15, -0.1) is 12.3 Å². The van der Waals surface area contributed by atoms with Crippen molar-refractivity contribution in [2.75, 3.05) is 18.5 Å². The summed E-state index contributed by atoms with van der Waals surface area (Å²) in [6.45, 7) is 0.576. The Labute approximate surface area is 116 Å². The lowest BCUT2D eigenvalue weighted by Crippen LogP contribution is -2.30. The van der Waals surface area contributed by atoms with Crippen LogP contribution < -0.4 is 0 Å². The van der Waals surface area contributed by atoms with Crippen LogP contribution >= 0.6 is 15.9 Å². The number of hydrogen-bond donors (Lipinski definition) is 1. The highest BCUT2D eigenvalue weighted by molar-refractivity contribution is 9.09. The van der Waals surface area contributed by atoms with Crippen molar-refractivity contribution in [3.05, 3.63) is 35.9 Å². The van der Waals surface area contributed by atoms with Crippen molar-refractivity contribution in [1.82, 2.24) is 0 Å². The van der Waals surface area contributed by atoms with E-state index >= 15 is 0 Å². The molecule has 96 valence electrons. The van der Waals surface area contributed by atoms with Crippen LogP contribution in [-0.2, 0) is 10.3 Å². The molecule has 1 aliphatic rings. The quantitative estimate of drug-likeness (QED) is 0.684. The van der Waals surface area contributed by atoms with E-state index < -0.39 is 0 Å². The molecule has 18 heavy (non-hydrogen) atoms. The number of rotatable bonds is 4. The number of terminal acetylenes is 1. The summed E-state index contributed by atoms with van der Waals surface area (Å²) in [5.74, 6) is 2.66. The molecule has 1 saturated heterocycles. The normalized spacial score (nSPS) is 31.2. The lowest BCUT2D eigenvalue weighted by molar-refractivity contribution is 0.0147. The Hall–Kier alpha value is -0.820. The first kappa shape index (κ1) is 13.6. The average Bonchev–Trinajstić information content (AvgIpc) is 2.82. The third-order valence-electron chi connectivity index (χ3n) is 3.64. The van der Waals surface area contributed by atoms with E-state index in [1.165, 1.54) is 0 Å². The Morgan fingerprint density at radius 3 is 2.67 bits per heavy atom. The fourth-order valence-corrected chi connectivity index (χ4v) is 3.26. The van der Waals surface area contributed by atoms with Crippen LogP contribution in [0.3, 0.4) is 0 Å². The second-order valence-corrected chi connectivity index (χ2v) is 5.56. The minimum atomic E-state index is -0.374. The molecule has 0 aliphatic carbocycles. The molecule has 0 unspecified atom stereocenters. The Morgan fingerprint density at radius 2 is 2.11 bits per heavy atom. The number of alkyl halides is 1. The van der Waals surface area contributed by atoms with Gasteiger partial charge in [0.1, 0.15) is 5.60 Å². The predicted octanol–water partition coefficient (Wildman–Crippen LogP) is 2.70. The minimum Gasteiger partial charge on any atom is -0.396 e. The van der Waals surface area contributed by atoms with Crippen LogP contribution in [0, 0.1) is 17.8 Å². The standard InChI is InChI=1S/C15H17BrO2/c1-2-8-14(11-17)9-15(10-16,18-12-14)13-6-4-3-5-7-13/h1,3-7,17H,8-12H2/t14-,15+/m1/s1. The maximum Gasteiger partial charge on any atom is 0.103 e. The molecule has 1 heterocycles. The highest BCUT2D eigenvalue weighted by Crippen LogP contribution is 2.48. The summed E-state index contributed by atoms with van der Waals surface area (Å²) in [7, 11) is 0. The molecule has 0 amide bonds. The monoisotopic (exact) mass is 308 g/mol. The molecule has 0 saturated carbocycles. The third-order valence-corrected chi connectivity index (χ3v) is 4.55. The van der Waals surface area contributed by atoms with Gasteiger partial charge in [0.2, 0.25) is 0 Å². The number of halogens is 1. The van der Waals surface area contributed by atoms with E-state index in [4.69, 9.17) is 11.2 Å². The lowest BCUT2D eigenvalue weighted by atomic mass is 9.77. The van der Waals surface area contributed by atoms with Crippen molar-refractivity contribution in [1.29, 1.82) is 0 Å². The highest BCUT2D eigenvalue weighted by atomic mass is 79.9. The molecule has 3 heteroatoms. The number of ether oxygens (including phenoxy) is 1. The number of aliphatic hydroxyl groups excluding tert-OH is 1. The van der Waals surface area contributed by atoms with E-state index in [0.717, 1.165) is 12.0 Å². The van der Waals surface area contributed by atoms with Crippen molar-refractivity contribution in [2.24, 2.45) is 5.41 Å². The van der Waals surface area contributed by atoms with Gasteiger partial charge in [0.25, 0.3) is 0 Å². The molecule has 1 fully saturated rings. The summed E-state index contributed by atoms with van der Waals surface area (Å²) in [6.07, 6.45) is 6.70. The smallest absolute Gasteiger partial charge is 0.103 e. The topological polar surface area (TPSA) is 29.5 Å². The molecule has 1 aromatic carbocycles. The van der Waals surface area contributed by atoms with Gasteiger partial charge >= 0.3 is 0 Å². The van der Waals surface area contributed by atoms with Crippen LogP contribution in [0.5, 0.6) is 0 Å². The van der Waals surface area contributed by atoms with E-state index in [9.17, 15) is 5.11 Å². The zero-order valence-corrected chi connectivity index (χ0v) is 11.8. The maximum atomic E-state index is 9.63. The van der Waals surface area contributed by atoms with Gasteiger partial charge in [-0.3, -0.25) is 0 Å². The van der Waals surface area contributed by atoms with Crippen molar-refractivity contribution in [3.8, 4) is 12.3 Å². The van der Waals surface area contributed by atoms with E-state index in [1.54, 1.807) is 0 Å². The summed E-state index contributed by atoms with van der Waals surface area (Å²) in [6, 6.07) is 10.1. The second kappa shape index (κ2) is 5.44. The molecular weight excluding hydrogens is 292 g/mol. The Morgan fingerprint density at radius 1 is 1.39 bits per heavy atom. The summed E-state index contributed by atoms with van der Waals surface area (Å²) in [5.41, 5.74) is 0.452. The van der Waals surface area contributed by atoms with Gasteiger partial charge in [0, 0.05) is 17.2 Å². The molecular formula is C15H17BrO2. The Balaban J connectivity index is 2.30. The molecule has 2 atom stereocenters. The van der Waals surface area contributed by atoms with Crippen LogP contribution in [-0.4, -0.2) is 23.7 Å². The average molecular weight is 309 g/mol. The predicted molar refractivity (Wildman–Crippen MR) is 75.5 cm³/mol. The number of hydrogen-bond acceptors (Lipinski definition) is 2. The van der Waals surface area contributed by atoms with E-state index in [-0.39, 0.29) is 17.6 Å². The number of benzene rings is 1. The maximum absolute atomic E-state index is 9.63. The van der Waals surface area contributed by atoms with E-state index in [1.807, 2.05) is 18.2 Å². The molecule has 1 aromatic rings. The molecule has 0 aromatic heterocycles. The van der Waals surface area contributed by atoms with E-state index in [2.05, 4.69) is 34.0 Å². The van der Waals surface area contributed by atoms with Crippen molar-refractivity contribution >= 4 is 15.9 Å². The van der Waals surface area contributed by atoms with Gasteiger partial charge in [0.05, 0.1) is 13.2 Å². The van der Waals surface area contributed by atoms with Crippen molar-refractivity contribution < 1.29 is 9.84 Å². The van der Waals surface area contributed by atoms with Gasteiger partial charge in [-0.2, -0.15) is 0 Å². The van der Waals surface area contributed by atoms with Gasteiger partial charge in [-0.1, -0.05) is 46.3 Å². The summed E-state index contributed by atoms with van der Waals surface area (Å²) in [5, 5.41) is 10.3. The van der Waals surface area contributed by atoms with Crippen molar-refractivity contribution in [2.45, 2.75) is 18.4 Å². The highest BCUT2D eigenvalue weighted by Gasteiger charge is 2.49. The zero-order valence-electron chi connectivity index (χ0n) is 10.2. The first-order valence-corrected chi connectivity index (χ1v) is 7.12. The van der Waals surface area contributed by atoms with Crippen LogP contribution in [0.4, 0.5) is 0 Å². The molecule has 2 nitrogen and oxygen atoms in total. The van der Waals surface area contributed by atoms with Crippen LogP contribution in [0.1, 0.15) is 18.4 Å². The first-order chi connectivity index (χ1) is 8.70. The Bertz CT molecular complexity index is 440. The molecule has 0 spiro atoms. The van der Waals surface area contributed by atoms with Crippen molar-refractivity contribution in [3.63, 3.8) is 0 Å². The number of aliphatic hydroxyl groups is 1. The minimum absolute atomic E-state index is 0.0682. The molecule has 0 bridgehead atoms. The fourth-order valence-electron chi connectivity index (χ4n) is 2.58. The Kier molecular flexibility index (Phi) is 4.11. The zero-order chi connectivity index (χ0) is 13.1. The van der Waals surface area contributed by atoms with Gasteiger partial charge in [0.15, 0.2) is 0 Å². The summed E-state index contributed by atoms with van der Waals surface area (Å²) >= 11 is 3.54. The van der Waals surface area contributed by atoms with Crippen LogP contribution in [0.2, 0.25) is 0 Å². The van der Waals surface area contributed by atoms with Gasteiger partial charge in [-0.25, -0.2) is 0 Å². The van der Waals surface area contributed by atoms with Crippen LogP contribution in [0.15, 0.2) is 30.3 Å². The van der Waals surface area contributed by atoms with Crippen LogP contribution in [0.25, 0.3) is 0 Å². The molecule has 0 radical (unpaired) electrons. The summed E-state index contributed by atoms with van der Waals surface area (Å²) < 4.78 is 6.03. The SMILES string of the molecule is C#CC[C@@]1(CO)CO[C@@](CBr)(c2ccccc2)C1. The largest absolute Gasteiger partial charge is 0.396 e. The first-order valence-electron chi connectivity index (χ1n) is 6.00. The van der Waals surface area contributed by atoms with Gasteiger partial charge < -0.3 is 9.84 Å².